The van der Waals surface area contributed by atoms with Gasteiger partial charge in [-0.3, -0.25) is 14.5 Å². The van der Waals surface area contributed by atoms with Crippen molar-refractivity contribution in [2.24, 2.45) is 0 Å². The van der Waals surface area contributed by atoms with Crippen molar-refractivity contribution in [1.82, 2.24) is 14.8 Å². The molecule has 2 rings (SSSR count). The van der Waals surface area contributed by atoms with Gasteiger partial charge in [0.05, 0.1) is 26.2 Å². The Kier molecular flexibility index (Phi) is 6.94. The fraction of sp³-hybridized carbons (Fsp3) is 0.667. The molecule has 1 aliphatic rings. The van der Waals surface area contributed by atoms with Gasteiger partial charge in [-0.2, -0.15) is 0 Å². The average Bonchev–Trinajstić information content (AvgIpc) is 3.00. The van der Waals surface area contributed by atoms with Gasteiger partial charge in [0, 0.05) is 31.6 Å². The standard InChI is InChI=1S/C15H23N3O4S/c1-2-4-18(5-3-14(19)20)15(21)12-11-23-13(16-12)10-17-6-8-22-9-7-17/h11H,2-10H2,1H3,(H,19,20). The van der Waals surface area contributed by atoms with Gasteiger partial charge in [0.2, 0.25) is 0 Å². The summed E-state index contributed by atoms with van der Waals surface area (Å²) >= 11 is 1.47. The van der Waals surface area contributed by atoms with Crippen LogP contribution in [0.4, 0.5) is 0 Å². The molecule has 0 radical (unpaired) electrons. The third-order valence-electron chi connectivity index (χ3n) is 3.61. The third-order valence-corrected chi connectivity index (χ3v) is 4.44. The van der Waals surface area contributed by atoms with Gasteiger partial charge < -0.3 is 14.7 Å². The zero-order valence-corrected chi connectivity index (χ0v) is 14.2. The fourth-order valence-corrected chi connectivity index (χ4v) is 3.22. The minimum absolute atomic E-state index is 0.0451. The van der Waals surface area contributed by atoms with Crippen LogP contribution in [0, 0.1) is 0 Å². The van der Waals surface area contributed by atoms with Crippen LogP contribution in [0.25, 0.3) is 0 Å². The largest absolute Gasteiger partial charge is 0.481 e. The monoisotopic (exact) mass is 341 g/mol. The summed E-state index contributed by atoms with van der Waals surface area (Å²) < 4.78 is 5.32. The number of carbonyl (C=O) groups is 2. The molecule has 1 fully saturated rings. The number of nitrogens with zero attached hydrogens (tertiary/aromatic N) is 3. The molecule has 0 saturated carbocycles. The predicted molar refractivity (Wildman–Crippen MR) is 86.7 cm³/mol. The van der Waals surface area contributed by atoms with E-state index in [-0.39, 0.29) is 18.9 Å². The van der Waals surface area contributed by atoms with Crippen molar-refractivity contribution in [2.45, 2.75) is 26.3 Å². The molecular formula is C15H23N3O4S. The molecule has 0 spiro atoms. The summed E-state index contributed by atoms with van der Waals surface area (Å²) in [7, 11) is 0. The molecule has 1 aromatic rings. The second kappa shape index (κ2) is 8.95. The van der Waals surface area contributed by atoms with E-state index in [0.29, 0.717) is 12.2 Å². The number of amides is 1. The highest BCUT2D eigenvalue weighted by Gasteiger charge is 2.20. The van der Waals surface area contributed by atoms with Crippen molar-refractivity contribution in [3.8, 4) is 0 Å². The van der Waals surface area contributed by atoms with Crippen molar-refractivity contribution in [1.29, 1.82) is 0 Å². The Morgan fingerprint density at radius 1 is 1.39 bits per heavy atom. The Morgan fingerprint density at radius 2 is 2.13 bits per heavy atom. The Morgan fingerprint density at radius 3 is 2.78 bits per heavy atom. The fourth-order valence-electron chi connectivity index (χ4n) is 2.41. The summed E-state index contributed by atoms with van der Waals surface area (Å²) in [6.07, 6.45) is 0.743. The summed E-state index contributed by atoms with van der Waals surface area (Å²) in [5.41, 5.74) is 0.414. The Bertz CT molecular complexity index is 529. The third kappa shape index (κ3) is 5.56. The SMILES string of the molecule is CCCN(CCC(=O)O)C(=O)c1csc(CN2CCOCC2)n1. The first-order valence-corrected chi connectivity index (χ1v) is 8.73. The van der Waals surface area contributed by atoms with Crippen LogP contribution in [-0.2, 0) is 16.1 Å². The van der Waals surface area contributed by atoms with Crippen LogP contribution in [0.2, 0.25) is 0 Å². The number of carbonyl (C=O) groups excluding carboxylic acids is 1. The molecule has 1 N–H and O–H groups in total. The first-order valence-electron chi connectivity index (χ1n) is 7.85. The molecule has 2 heterocycles. The van der Waals surface area contributed by atoms with Gasteiger partial charge in [-0.25, -0.2) is 4.98 Å². The lowest BCUT2D eigenvalue weighted by molar-refractivity contribution is -0.137. The van der Waals surface area contributed by atoms with Gasteiger partial charge in [-0.1, -0.05) is 6.92 Å². The van der Waals surface area contributed by atoms with E-state index in [1.54, 1.807) is 10.3 Å². The van der Waals surface area contributed by atoms with E-state index in [4.69, 9.17) is 9.84 Å². The van der Waals surface area contributed by atoms with Crippen LogP contribution < -0.4 is 0 Å². The van der Waals surface area contributed by atoms with E-state index in [2.05, 4.69) is 9.88 Å². The number of rotatable bonds is 8. The normalized spacial score (nSPS) is 15.5. The summed E-state index contributed by atoms with van der Waals surface area (Å²) in [4.78, 5) is 31.5. The summed E-state index contributed by atoms with van der Waals surface area (Å²) in [6, 6.07) is 0. The van der Waals surface area contributed by atoms with Crippen LogP contribution in [0.15, 0.2) is 5.38 Å². The minimum atomic E-state index is -0.898. The number of hydrogen-bond donors (Lipinski definition) is 1. The predicted octanol–water partition coefficient (Wildman–Crippen LogP) is 1.30. The van der Waals surface area contributed by atoms with E-state index in [9.17, 15) is 9.59 Å². The number of ether oxygens (including phenoxy) is 1. The van der Waals surface area contributed by atoms with E-state index in [1.165, 1.54) is 11.3 Å². The average molecular weight is 341 g/mol. The molecule has 1 aliphatic heterocycles. The van der Waals surface area contributed by atoms with E-state index >= 15 is 0 Å². The lowest BCUT2D eigenvalue weighted by atomic mass is 10.3. The van der Waals surface area contributed by atoms with Crippen molar-refractivity contribution in [3.05, 3.63) is 16.1 Å². The maximum Gasteiger partial charge on any atom is 0.305 e. The smallest absolute Gasteiger partial charge is 0.305 e. The molecule has 8 heteroatoms. The van der Waals surface area contributed by atoms with Crippen LogP contribution >= 0.6 is 11.3 Å². The molecule has 0 aliphatic carbocycles. The summed E-state index contributed by atoms with van der Waals surface area (Å²) in [5.74, 6) is -1.08. The number of carboxylic acids is 1. The summed E-state index contributed by atoms with van der Waals surface area (Å²) in [5, 5.41) is 11.5. The maximum atomic E-state index is 12.5. The Balaban J connectivity index is 1.95. The first kappa shape index (κ1) is 17.8. The molecule has 7 nitrogen and oxygen atoms in total. The Labute approximate surface area is 139 Å². The van der Waals surface area contributed by atoms with Crippen LogP contribution in [0.3, 0.4) is 0 Å². The first-order chi connectivity index (χ1) is 11.1. The molecule has 0 atom stereocenters. The Hall–Kier alpha value is -1.51. The maximum absolute atomic E-state index is 12.5. The number of aliphatic carboxylic acids is 1. The van der Waals surface area contributed by atoms with E-state index in [1.807, 2.05) is 6.92 Å². The number of hydrogen-bond acceptors (Lipinski definition) is 6. The van der Waals surface area contributed by atoms with Gasteiger partial charge in [0.15, 0.2) is 0 Å². The van der Waals surface area contributed by atoms with Crippen LogP contribution in [-0.4, -0.2) is 71.2 Å². The molecule has 0 bridgehead atoms. The number of thiazole rings is 1. The molecule has 128 valence electrons. The van der Waals surface area contributed by atoms with Crippen LogP contribution in [0.5, 0.6) is 0 Å². The van der Waals surface area contributed by atoms with Crippen molar-refractivity contribution in [3.63, 3.8) is 0 Å². The van der Waals surface area contributed by atoms with Crippen molar-refractivity contribution in [2.75, 3.05) is 39.4 Å². The van der Waals surface area contributed by atoms with Gasteiger partial charge in [-0.05, 0) is 6.42 Å². The number of carboxylic acid groups (broad SMARTS) is 1. The second-order valence-electron chi connectivity index (χ2n) is 5.45. The molecule has 1 amide bonds. The number of morpholine rings is 1. The summed E-state index contributed by atoms with van der Waals surface area (Å²) in [6.45, 7) is 6.68. The van der Waals surface area contributed by atoms with E-state index < -0.39 is 5.97 Å². The van der Waals surface area contributed by atoms with Gasteiger partial charge in [0.1, 0.15) is 10.7 Å². The van der Waals surface area contributed by atoms with Gasteiger partial charge in [-0.15, -0.1) is 11.3 Å². The molecule has 0 aromatic carbocycles. The second-order valence-corrected chi connectivity index (χ2v) is 6.39. The lowest BCUT2D eigenvalue weighted by Gasteiger charge is -2.25. The van der Waals surface area contributed by atoms with Crippen LogP contribution in [0.1, 0.15) is 35.3 Å². The molecular weight excluding hydrogens is 318 g/mol. The van der Waals surface area contributed by atoms with Crippen molar-refractivity contribution >= 4 is 23.2 Å². The van der Waals surface area contributed by atoms with Gasteiger partial charge in [0.25, 0.3) is 5.91 Å². The van der Waals surface area contributed by atoms with Gasteiger partial charge >= 0.3 is 5.97 Å². The zero-order chi connectivity index (χ0) is 16.7. The molecule has 0 unspecified atom stereocenters. The van der Waals surface area contributed by atoms with Crippen molar-refractivity contribution < 1.29 is 19.4 Å². The lowest BCUT2D eigenvalue weighted by Crippen LogP contribution is -2.36. The highest BCUT2D eigenvalue weighted by molar-refractivity contribution is 7.09. The van der Waals surface area contributed by atoms with E-state index in [0.717, 1.165) is 44.3 Å². The molecule has 1 saturated heterocycles. The topological polar surface area (TPSA) is 83.0 Å². The minimum Gasteiger partial charge on any atom is -0.481 e. The quantitative estimate of drug-likeness (QED) is 0.767. The zero-order valence-electron chi connectivity index (χ0n) is 13.4. The molecule has 1 aromatic heterocycles. The highest BCUT2D eigenvalue weighted by atomic mass is 32.1. The molecule has 23 heavy (non-hydrogen) atoms. The number of aromatic nitrogens is 1. The highest BCUT2D eigenvalue weighted by Crippen LogP contribution is 2.15.